The van der Waals surface area contributed by atoms with Crippen LogP contribution in [0.1, 0.15) is 35.0 Å². The van der Waals surface area contributed by atoms with E-state index in [0.717, 1.165) is 30.6 Å². The smallest absolute Gasteiger partial charge is 0.253 e. The molecule has 2 aromatic heterocycles. The molecule has 1 saturated heterocycles. The fourth-order valence-electron chi connectivity index (χ4n) is 3.46. The molecule has 7 nitrogen and oxygen atoms in total. The molecule has 0 bridgehead atoms. The minimum atomic E-state index is 0.0435. The highest BCUT2D eigenvalue weighted by Crippen LogP contribution is 2.28. The fourth-order valence-corrected chi connectivity index (χ4v) is 3.46. The minimum Gasteiger partial charge on any atom is -0.378 e. The Bertz CT molecular complexity index is 937. The van der Waals surface area contributed by atoms with Crippen LogP contribution in [0.4, 0.5) is 5.69 Å². The zero-order valence-electron chi connectivity index (χ0n) is 16.1. The number of carbonyl (C=O) groups excluding carboxylic acids is 1. The van der Waals surface area contributed by atoms with Crippen molar-refractivity contribution in [2.24, 2.45) is 0 Å². The van der Waals surface area contributed by atoms with Crippen LogP contribution in [0, 0.1) is 0 Å². The summed E-state index contributed by atoms with van der Waals surface area (Å²) in [6.07, 6.45) is 5.26. The van der Waals surface area contributed by atoms with Crippen molar-refractivity contribution in [3.63, 3.8) is 0 Å². The van der Waals surface area contributed by atoms with Crippen LogP contribution in [0.5, 0.6) is 0 Å². The Hall–Kier alpha value is -3.22. The lowest BCUT2D eigenvalue weighted by atomic mass is 9.97. The van der Waals surface area contributed by atoms with Gasteiger partial charge in [0.25, 0.3) is 5.91 Å². The Kier molecular flexibility index (Phi) is 5.06. The first-order chi connectivity index (χ1) is 13.6. The van der Waals surface area contributed by atoms with E-state index < -0.39 is 0 Å². The third kappa shape index (κ3) is 3.74. The van der Waals surface area contributed by atoms with E-state index in [4.69, 9.17) is 4.52 Å². The number of anilines is 1. The van der Waals surface area contributed by atoms with Crippen LogP contribution in [-0.2, 0) is 0 Å². The van der Waals surface area contributed by atoms with Crippen molar-refractivity contribution < 1.29 is 9.32 Å². The van der Waals surface area contributed by atoms with Crippen molar-refractivity contribution in [1.82, 2.24) is 20.0 Å². The van der Waals surface area contributed by atoms with Crippen molar-refractivity contribution in [1.29, 1.82) is 0 Å². The highest BCUT2D eigenvalue weighted by Gasteiger charge is 2.29. The van der Waals surface area contributed by atoms with Crippen molar-refractivity contribution in [2.45, 2.75) is 18.8 Å². The number of benzene rings is 1. The van der Waals surface area contributed by atoms with Gasteiger partial charge in [-0.1, -0.05) is 5.16 Å². The average Bonchev–Trinajstić information content (AvgIpc) is 3.24. The SMILES string of the molecule is CN(C)c1ccc(C(=O)N2CCC[C@H](c3nc(-c4cccnc4)no3)C2)cc1. The lowest BCUT2D eigenvalue weighted by Gasteiger charge is -2.31. The first-order valence-electron chi connectivity index (χ1n) is 9.42. The molecule has 0 saturated carbocycles. The molecule has 4 rings (SSSR count). The second-order valence-corrected chi connectivity index (χ2v) is 7.23. The van der Waals surface area contributed by atoms with Gasteiger partial charge in [0.15, 0.2) is 0 Å². The van der Waals surface area contributed by atoms with Gasteiger partial charge >= 0.3 is 0 Å². The normalized spacial score (nSPS) is 16.8. The Morgan fingerprint density at radius 2 is 2.04 bits per heavy atom. The molecule has 0 aliphatic carbocycles. The zero-order chi connectivity index (χ0) is 19.5. The first kappa shape index (κ1) is 18.2. The molecule has 0 unspecified atom stereocenters. The van der Waals surface area contributed by atoms with E-state index >= 15 is 0 Å². The second-order valence-electron chi connectivity index (χ2n) is 7.23. The fraction of sp³-hybridized carbons (Fsp3) is 0.333. The molecule has 28 heavy (non-hydrogen) atoms. The van der Waals surface area contributed by atoms with E-state index in [1.54, 1.807) is 12.4 Å². The van der Waals surface area contributed by atoms with Crippen LogP contribution in [0.3, 0.4) is 0 Å². The van der Waals surface area contributed by atoms with Gasteiger partial charge in [0.1, 0.15) is 0 Å². The van der Waals surface area contributed by atoms with Gasteiger partial charge in [-0.15, -0.1) is 0 Å². The van der Waals surface area contributed by atoms with Crippen LogP contribution in [0.2, 0.25) is 0 Å². The molecule has 144 valence electrons. The van der Waals surface area contributed by atoms with E-state index in [1.165, 1.54) is 0 Å². The van der Waals surface area contributed by atoms with Gasteiger partial charge in [-0.25, -0.2) is 0 Å². The highest BCUT2D eigenvalue weighted by atomic mass is 16.5. The Labute approximate surface area is 164 Å². The van der Waals surface area contributed by atoms with Crippen molar-refractivity contribution in [3.05, 3.63) is 60.2 Å². The number of likely N-dealkylation sites (tertiary alicyclic amines) is 1. The van der Waals surface area contributed by atoms with Crippen molar-refractivity contribution >= 4 is 11.6 Å². The molecule has 1 fully saturated rings. The summed E-state index contributed by atoms with van der Waals surface area (Å²) in [7, 11) is 3.96. The number of pyridine rings is 1. The maximum atomic E-state index is 12.9. The number of amides is 1. The van der Waals surface area contributed by atoms with E-state index in [1.807, 2.05) is 60.3 Å². The average molecular weight is 377 g/mol. The molecule has 1 atom stereocenters. The molecule has 1 amide bonds. The molecule has 0 spiro atoms. The first-order valence-corrected chi connectivity index (χ1v) is 9.42. The number of carbonyl (C=O) groups is 1. The molecule has 3 aromatic rings. The predicted molar refractivity (Wildman–Crippen MR) is 106 cm³/mol. The van der Waals surface area contributed by atoms with E-state index in [2.05, 4.69) is 15.1 Å². The second kappa shape index (κ2) is 7.80. The summed E-state index contributed by atoms with van der Waals surface area (Å²) in [5, 5.41) is 4.08. The van der Waals surface area contributed by atoms with Crippen LogP contribution in [0.25, 0.3) is 11.4 Å². The summed E-state index contributed by atoms with van der Waals surface area (Å²) < 4.78 is 5.50. The lowest BCUT2D eigenvalue weighted by Crippen LogP contribution is -2.39. The number of hydrogen-bond acceptors (Lipinski definition) is 6. The van der Waals surface area contributed by atoms with Crippen molar-refractivity contribution in [2.75, 3.05) is 32.1 Å². The van der Waals surface area contributed by atoms with E-state index in [-0.39, 0.29) is 11.8 Å². The third-order valence-electron chi connectivity index (χ3n) is 5.05. The van der Waals surface area contributed by atoms with Crippen molar-refractivity contribution in [3.8, 4) is 11.4 Å². The van der Waals surface area contributed by atoms with Gasteiger partial charge in [0.05, 0.1) is 5.92 Å². The Balaban J connectivity index is 1.47. The summed E-state index contributed by atoms with van der Waals surface area (Å²) in [5.41, 5.74) is 2.59. The number of hydrogen-bond donors (Lipinski definition) is 0. The zero-order valence-corrected chi connectivity index (χ0v) is 16.1. The number of nitrogens with zero attached hydrogens (tertiary/aromatic N) is 5. The van der Waals surface area contributed by atoms with Crippen LogP contribution in [-0.4, -0.2) is 53.1 Å². The van der Waals surface area contributed by atoms with E-state index in [0.29, 0.717) is 23.8 Å². The quantitative estimate of drug-likeness (QED) is 0.695. The van der Waals surface area contributed by atoms with Gasteiger partial charge in [0.2, 0.25) is 11.7 Å². The molecule has 1 aliphatic heterocycles. The molecule has 7 heteroatoms. The summed E-state index contributed by atoms with van der Waals surface area (Å²) in [6, 6.07) is 11.4. The largest absolute Gasteiger partial charge is 0.378 e. The van der Waals surface area contributed by atoms with Crippen LogP contribution >= 0.6 is 0 Å². The Morgan fingerprint density at radius 3 is 2.75 bits per heavy atom. The maximum absolute atomic E-state index is 12.9. The maximum Gasteiger partial charge on any atom is 0.253 e. The summed E-state index contributed by atoms with van der Waals surface area (Å²) in [6.45, 7) is 1.33. The van der Waals surface area contributed by atoms with Crippen LogP contribution in [0.15, 0.2) is 53.3 Å². The standard InChI is InChI=1S/C21H23N5O2/c1-25(2)18-9-7-15(8-10-18)21(27)26-12-4-6-17(14-26)20-23-19(24-28-20)16-5-3-11-22-13-16/h3,5,7-11,13,17H,4,6,12,14H2,1-2H3/t17-/m0/s1. The summed E-state index contributed by atoms with van der Waals surface area (Å²) in [4.78, 5) is 25.4. The van der Waals surface area contributed by atoms with Crippen LogP contribution < -0.4 is 4.90 Å². The summed E-state index contributed by atoms with van der Waals surface area (Å²) >= 11 is 0. The third-order valence-corrected chi connectivity index (χ3v) is 5.05. The molecule has 1 aliphatic rings. The Morgan fingerprint density at radius 1 is 1.21 bits per heavy atom. The lowest BCUT2D eigenvalue weighted by molar-refractivity contribution is 0.0695. The highest BCUT2D eigenvalue weighted by molar-refractivity contribution is 5.94. The van der Waals surface area contributed by atoms with Gasteiger partial charge < -0.3 is 14.3 Å². The van der Waals surface area contributed by atoms with Gasteiger partial charge in [-0.2, -0.15) is 4.98 Å². The number of aromatic nitrogens is 3. The molecular formula is C21H23N5O2. The monoisotopic (exact) mass is 377 g/mol. The minimum absolute atomic E-state index is 0.0435. The summed E-state index contributed by atoms with van der Waals surface area (Å²) in [5.74, 6) is 1.21. The number of rotatable bonds is 4. The predicted octanol–water partition coefficient (Wildman–Crippen LogP) is 3.22. The topological polar surface area (TPSA) is 75.4 Å². The molecule has 3 heterocycles. The van der Waals surface area contributed by atoms with Gasteiger partial charge in [0, 0.05) is 56.4 Å². The number of piperidine rings is 1. The molecular weight excluding hydrogens is 354 g/mol. The molecule has 1 aromatic carbocycles. The van der Waals surface area contributed by atoms with Gasteiger partial charge in [-0.3, -0.25) is 9.78 Å². The molecule has 0 radical (unpaired) electrons. The van der Waals surface area contributed by atoms with E-state index in [9.17, 15) is 4.79 Å². The van der Waals surface area contributed by atoms with Gasteiger partial charge in [-0.05, 0) is 49.2 Å². The molecule has 0 N–H and O–H groups in total.